The number of methoxy groups -OCH3 is 3. The summed E-state index contributed by atoms with van der Waals surface area (Å²) < 4.78 is 22.2. The van der Waals surface area contributed by atoms with E-state index in [4.69, 9.17) is 18.9 Å². The van der Waals surface area contributed by atoms with Crippen molar-refractivity contribution in [3.63, 3.8) is 0 Å². The zero-order valence-corrected chi connectivity index (χ0v) is 27.8. The minimum absolute atomic E-state index is 0.0519. The molecule has 2 N–H and O–H groups in total. The van der Waals surface area contributed by atoms with Gasteiger partial charge in [0.05, 0.1) is 21.3 Å². The molecule has 0 spiro atoms. The van der Waals surface area contributed by atoms with Crippen molar-refractivity contribution in [1.29, 1.82) is 0 Å². The van der Waals surface area contributed by atoms with E-state index < -0.39 is 11.8 Å². The summed E-state index contributed by atoms with van der Waals surface area (Å²) >= 11 is 0. The third kappa shape index (κ3) is 9.26. The van der Waals surface area contributed by atoms with E-state index in [2.05, 4.69) is 10.6 Å². The van der Waals surface area contributed by atoms with Crippen molar-refractivity contribution in [3.8, 4) is 23.0 Å². The van der Waals surface area contributed by atoms with Crippen LogP contribution in [-0.4, -0.2) is 38.9 Å². The van der Waals surface area contributed by atoms with E-state index in [1.54, 1.807) is 72.8 Å². The van der Waals surface area contributed by atoms with Crippen molar-refractivity contribution in [1.82, 2.24) is 5.32 Å². The molecule has 0 heterocycles. The molecule has 0 aliphatic carbocycles. The number of allylic oxidation sites excluding steroid dienone is 1. The summed E-state index contributed by atoms with van der Waals surface area (Å²) in [6.45, 7) is 0.470. The summed E-state index contributed by atoms with van der Waals surface area (Å²) in [5.41, 5.74) is 3.56. The molecule has 252 valence electrons. The summed E-state index contributed by atoms with van der Waals surface area (Å²) in [5.74, 6) is 0.694. The summed E-state index contributed by atoms with van der Waals surface area (Å²) in [5, 5.41) is 5.51. The third-order valence-corrected chi connectivity index (χ3v) is 7.55. The van der Waals surface area contributed by atoms with Gasteiger partial charge >= 0.3 is 0 Å². The number of amides is 2. The zero-order valence-electron chi connectivity index (χ0n) is 27.8. The number of carbonyl (C=O) groups excluding carboxylic acids is 3. The Morgan fingerprint density at radius 2 is 1.28 bits per heavy atom. The molecule has 0 saturated carbocycles. The molecule has 0 bridgehead atoms. The molecule has 9 heteroatoms. The number of anilines is 1. The van der Waals surface area contributed by atoms with E-state index in [9.17, 15) is 14.4 Å². The van der Waals surface area contributed by atoms with Gasteiger partial charge in [0.2, 0.25) is 0 Å². The molecular formula is C41H36N2O7. The molecule has 9 nitrogen and oxygen atoms in total. The number of rotatable bonds is 14. The number of carbonyl (C=O) groups is 3. The lowest BCUT2D eigenvalue weighted by molar-refractivity contribution is -0.113. The van der Waals surface area contributed by atoms with Gasteiger partial charge in [0.25, 0.3) is 11.8 Å². The Kier molecular flexibility index (Phi) is 11.8. The lowest BCUT2D eigenvalue weighted by Crippen LogP contribution is -2.30. The SMILES string of the molecule is COc1cc(OC)c(OC)cc1/C=C(\NC(=O)c1ccccc1)C(=O)Nc1ccc(C(=O)/C=C/c2ccc(OCc3ccccc3)cc2)cc1. The van der Waals surface area contributed by atoms with Gasteiger partial charge in [-0.1, -0.05) is 66.7 Å². The molecule has 5 aromatic rings. The first-order valence-corrected chi connectivity index (χ1v) is 15.7. The number of hydrogen-bond donors (Lipinski definition) is 2. The Labute approximate surface area is 290 Å². The van der Waals surface area contributed by atoms with Crippen LogP contribution < -0.4 is 29.6 Å². The second kappa shape index (κ2) is 17.0. The van der Waals surface area contributed by atoms with Crippen molar-refractivity contribution in [3.05, 3.63) is 161 Å². The molecule has 0 fully saturated rings. The Balaban J connectivity index is 1.28. The van der Waals surface area contributed by atoms with Crippen LogP contribution >= 0.6 is 0 Å². The fourth-order valence-electron chi connectivity index (χ4n) is 4.86. The Morgan fingerprint density at radius 3 is 1.92 bits per heavy atom. The molecular weight excluding hydrogens is 632 g/mol. The molecule has 0 saturated heterocycles. The van der Waals surface area contributed by atoms with Gasteiger partial charge in [-0.25, -0.2) is 0 Å². The van der Waals surface area contributed by atoms with E-state index in [1.165, 1.54) is 33.5 Å². The predicted octanol–water partition coefficient (Wildman–Crippen LogP) is 7.60. The largest absolute Gasteiger partial charge is 0.496 e. The highest BCUT2D eigenvalue weighted by atomic mass is 16.5. The highest BCUT2D eigenvalue weighted by Crippen LogP contribution is 2.35. The number of hydrogen-bond acceptors (Lipinski definition) is 7. The molecule has 2 amide bonds. The molecule has 0 aliphatic rings. The quantitative estimate of drug-likeness (QED) is 0.0926. The van der Waals surface area contributed by atoms with Gasteiger partial charge in [0, 0.05) is 28.4 Å². The van der Waals surface area contributed by atoms with Crippen LogP contribution in [0, 0.1) is 0 Å². The second-order valence-corrected chi connectivity index (χ2v) is 10.9. The zero-order chi connectivity index (χ0) is 35.3. The van der Waals surface area contributed by atoms with Gasteiger partial charge < -0.3 is 29.6 Å². The maximum atomic E-state index is 13.6. The summed E-state index contributed by atoms with van der Waals surface area (Å²) in [7, 11) is 4.48. The normalized spacial score (nSPS) is 11.1. The molecule has 0 aliphatic heterocycles. The van der Waals surface area contributed by atoms with Crippen LogP contribution in [0.5, 0.6) is 23.0 Å². The minimum atomic E-state index is -0.596. The van der Waals surface area contributed by atoms with E-state index >= 15 is 0 Å². The molecule has 5 aromatic carbocycles. The van der Waals surface area contributed by atoms with Crippen LogP contribution in [0.15, 0.2) is 133 Å². The van der Waals surface area contributed by atoms with Gasteiger partial charge in [-0.2, -0.15) is 0 Å². The van der Waals surface area contributed by atoms with Gasteiger partial charge in [0.1, 0.15) is 23.8 Å². The number of benzene rings is 5. The molecule has 0 unspecified atom stereocenters. The van der Waals surface area contributed by atoms with Crippen LogP contribution in [0.1, 0.15) is 37.4 Å². The van der Waals surface area contributed by atoms with Crippen molar-refractivity contribution in [2.24, 2.45) is 0 Å². The Bertz CT molecular complexity index is 1990. The van der Waals surface area contributed by atoms with Crippen LogP contribution in [0.4, 0.5) is 5.69 Å². The van der Waals surface area contributed by atoms with E-state index in [0.29, 0.717) is 46.2 Å². The highest BCUT2D eigenvalue weighted by Gasteiger charge is 2.18. The van der Waals surface area contributed by atoms with Gasteiger partial charge in [-0.15, -0.1) is 0 Å². The van der Waals surface area contributed by atoms with Crippen molar-refractivity contribution in [2.45, 2.75) is 6.61 Å². The molecule has 0 radical (unpaired) electrons. The first-order valence-electron chi connectivity index (χ1n) is 15.7. The van der Waals surface area contributed by atoms with Crippen LogP contribution in [0.3, 0.4) is 0 Å². The second-order valence-electron chi connectivity index (χ2n) is 10.9. The fraction of sp³-hybridized carbons (Fsp3) is 0.0976. The Hall–Kier alpha value is -6.61. The van der Waals surface area contributed by atoms with E-state index in [0.717, 1.165) is 16.9 Å². The minimum Gasteiger partial charge on any atom is -0.496 e. The van der Waals surface area contributed by atoms with Crippen LogP contribution in [0.25, 0.3) is 12.2 Å². The average Bonchev–Trinajstić information content (AvgIpc) is 3.17. The lowest BCUT2D eigenvalue weighted by atomic mass is 10.1. The van der Waals surface area contributed by atoms with Gasteiger partial charge in [-0.05, 0) is 77.9 Å². The van der Waals surface area contributed by atoms with Gasteiger partial charge in [-0.3, -0.25) is 14.4 Å². The smallest absolute Gasteiger partial charge is 0.272 e. The number of ketones is 1. The summed E-state index contributed by atoms with van der Waals surface area (Å²) in [4.78, 5) is 39.6. The van der Waals surface area contributed by atoms with E-state index in [1.807, 2.05) is 54.6 Å². The highest BCUT2D eigenvalue weighted by molar-refractivity contribution is 6.11. The summed E-state index contributed by atoms with van der Waals surface area (Å²) in [6, 6.07) is 35.6. The summed E-state index contributed by atoms with van der Waals surface area (Å²) in [6.07, 6.45) is 4.71. The van der Waals surface area contributed by atoms with E-state index in [-0.39, 0.29) is 11.5 Å². The Morgan fingerprint density at radius 1 is 0.660 bits per heavy atom. The number of nitrogens with one attached hydrogen (secondary N) is 2. The average molecular weight is 669 g/mol. The fourth-order valence-corrected chi connectivity index (χ4v) is 4.86. The van der Waals surface area contributed by atoms with Gasteiger partial charge in [0.15, 0.2) is 17.3 Å². The topological polar surface area (TPSA) is 112 Å². The maximum absolute atomic E-state index is 13.6. The molecule has 0 aromatic heterocycles. The van der Waals surface area contributed by atoms with Crippen molar-refractivity contribution >= 4 is 35.4 Å². The monoisotopic (exact) mass is 668 g/mol. The number of ether oxygens (including phenoxy) is 4. The first kappa shape index (κ1) is 34.7. The third-order valence-electron chi connectivity index (χ3n) is 7.55. The predicted molar refractivity (Wildman–Crippen MR) is 194 cm³/mol. The molecule has 0 atom stereocenters. The molecule has 5 rings (SSSR count). The standard InChI is InChI=1S/C41H36N2O7/c1-47-37-26-39(49-3)38(48-2)25-32(37)24-35(43-40(45)31-12-8-5-9-13-31)41(46)42-33-19-17-30(18-20-33)36(44)23-16-28-14-21-34(22-15-28)50-27-29-10-6-4-7-11-29/h4-26H,27H2,1-3H3,(H,42,46)(H,43,45)/b23-16+,35-24-. The van der Waals surface area contributed by atoms with Crippen molar-refractivity contribution < 1.29 is 33.3 Å². The first-order chi connectivity index (χ1) is 24.4. The van der Waals surface area contributed by atoms with Crippen molar-refractivity contribution in [2.75, 3.05) is 26.6 Å². The lowest BCUT2D eigenvalue weighted by Gasteiger charge is -2.15. The van der Waals surface area contributed by atoms with Crippen LogP contribution in [0.2, 0.25) is 0 Å². The molecule has 50 heavy (non-hydrogen) atoms. The van der Waals surface area contributed by atoms with Crippen LogP contribution in [-0.2, 0) is 11.4 Å². The maximum Gasteiger partial charge on any atom is 0.272 e.